The van der Waals surface area contributed by atoms with Crippen LogP contribution in [0.15, 0.2) is 30.3 Å². The highest BCUT2D eigenvalue weighted by atomic mass is 16.4. The molecule has 6 nitrogen and oxygen atoms in total. The van der Waals surface area contributed by atoms with Crippen LogP contribution in [0.4, 0.5) is 4.79 Å². The standard InChI is InChI=1S/C14H21N3O3/c1-15-8-9-17(2)14(20)16-12(10-13(18)19)11-6-4-3-5-7-11/h3-7,12,15H,8-10H2,1-2H3,(H,16,20)(H,18,19). The van der Waals surface area contributed by atoms with Gasteiger partial charge in [-0.1, -0.05) is 30.3 Å². The molecule has 1 unspecified atom stereocenters. The molecule has 20 heavy (non-hydrogen) atoms. The molecule has 0 saturated carbocycles. The average Bonchev–Trinajstić information content (AvgIpc) is 2.44. The summed E-state index contributed by atoms with van der Waals surface area (Å²) in [5.41, 5.74) is 0.783. The Morgan fingerprint density at radius 3 is 2.50 bits per heavy atom. The van der Waals surface area contributed by atoms with E-state index >= 15 is 0 Å². The lowest BCUT2D eigenvalue weighted by atomic mass is 10.0. The van der Waals surface area contributed by atoms with Crippen molar-refractivity contribution in [3.63, 3.8) is 0 Å². The number of amides is 2. The Morgan fingerprint density at radius 2 is 1.95 bits per heavy atom. The maximum Gasteiger partial charge on any atom is 0.317 e. The second-order valence-electron chi connectivity index (χ2n) is 4.54. The first-order valence-corrected chi connectivity index (χ1v) is 6.47. The third kappa shape index (κ3) is 5.27. The van der Waals surface area contributed by atoms with E-state index in [9.17, 15) is 9.59 Å². The number of nitrogens with one attached hydrogen (secondary N) is 2. The number of carbonyl (C=O) groups is 2. The molecule has 2 amide bonds. The van der Waals surface area contributed by atoms with Gasteiger partial charge in [0.05, 0.1) is 12.5 Å². The zero-order valence-electron chi connectivity index (χ0n) is 11.8. The van der Waals surface area contributed by atoms with E-state index in [0.717, 1.165) is 5.56 Å². The molecule has 6 heteroatoms. The molecule has 0 spiro atoms. The Morgan fingerprint density at radius 1 is 1.30 bits per heavy atom. The quantitative estimate of drug-likeness (QED) is 0.697. The van der Waals surface area contributed by atoms with Gasteiger partial charge in [-0.3, -0.25) is 4.79 Å². The molecule has 0 aromatic heterocycles. The van der Waals surface area contributed by atoms with Gasteiger partial charge < -0.3 is 20.6 Å². The number of likely N-dealkylation sites (N-methyl/N-ethyl adjacent to an activating group) is 2. The Hall–Kier alpha value is -2.08. The lowest BCUT2D eigenvalue weighted by Gasteiger charge is -2.23. The summed E-state index contributed by atoms with van der Waals surface area (Å²) in [6.07, 6.45) is -0.143. The topological polar surface area (TPSA) is 81.7 Å². The van der Waals surface area contributed by atoms with Crippen molar-refractivity contribution in [1.82, 2.24) is 15.5 Å². The van der Waals surface area contributed by atoms with Crippen molar-refractivity contribution in [3.05, 3.63) is 35.9 Å². The number of hydrogen-bond donors (Lipinski definition) is 3. The van der Waals surface area contributed by atoms with Crippen molar-refractivity contribution < 1.29 is 14.7 Å². The van der Waals surface area contributed by atoms with Crippen LogP contribution in [0, 0.1) is 0 Å². The fourth-order valence-electron chi connectivity index (χ4n) is 1.75. The van der Waals surface area contributed by atoms with Crippen LogP contribution in [0.25, 0.3) is 0 Å². The van der Waals surface area contributed by atoms with Crippen LogP contribution in [0.5, 0.6) is 0 Å². The van der Waals surface area contributed by atoms with Crippen LogP contribution in [0.2, 0.25) is 0 Å². The van der Waals surface area contributed by atoms with Crippen LogP contribution in [0.3, 0.4) is 0 Å². The normalized spacial score (nSPS) is 11.7. The molecule has 1 atom stereocenters. The van der Waals surface area contributed by atoms with Crippen molar-refractivity contribution in [2.45, 2.75) is 12.5 Å². The maximum absolute atomic E-state index is 12.0. The third-order valence-electron chi connectivity index (χ3n) is 2.92. The Balaban J connectivity index is 2.70. The van der Waals surface area contributed by atoms with Crippen molar-refractivity contribution in [2.75, 3.05) is 27.2 Å². The molecular formula is C14H21N3O3. The second-order valence-corrected chi connectivity index (χ2v) is 4.54. The van der Waals surface area contributed by atoms with Crippen LogP contribution >= 0.6 is 0 Å². The van der Waals surface area contributed by atoms with Gasteiger partial charge in [-0.2, -0.15) is 0 Å². The van der Waals surface area contributed by atoms with Crippen LogP contribution in [-0.2, 0) is 4.79 Å². The number of nitrogens with zero attached hydrogens (tertiary/aromatic N) is 1. The lowest BCUT2D eigenvalue weighted by molar-refractivity contribution is -0.137. The van der Waals surface area contributed by atoms with E-state index in [1.807, 2.05) is 37.4 Å². The van der Waals surface area contributed by atoms with Gasteiger partial charge in [-0.25, -0.2) is 4.79 Å². The summed E-state index contributed by atoms with van der Waals surface area (Å²) in [5.74, 6) is -0.947. The van der Waals surface area contributed by atoms with Gasteiger partial charge in [0.25, 0.3) is 0 Å². The largest absolute Gasteiger partial charge is 0.481 e. The minimum atomic E-state index is -0.947. The van der Waals surface area contributed by atoms with E-state index in [-0.39, 0.29) is 12.5 Å². The van der Waals surface area contributed by atoms with E-state index in [1.165, 1.54) is 4.90 Å². The van der Waals surface area contributed by atoms with Crippen LogP contribution in [-0.4, -0.2) is 49.2 Å². The zero-order chi connectivity index (χ0) is 15.0. The predicted molar refractivity (Wildman–Crippen MR) is 76.5 cm³/mol. The van der Waals surface area contributed by atoms with Gasteiger partial charge in [0.2, 0.25) is 0 Å². The number of carboxylic acids is 1. The molecule has 0 heterocycles. The number of carboxylic acid groups (broad SMARTS) is 1. The summed E-state index contributed by atoms with van der Waals surface area (Å²) in [5, 5.41) is 14.7. The lowest BCUT2D eigenvalue weighted by Crippen LogP contribution is -2.42. The van der Waals surface area contributed by atoms with Gasteiger partial charge in [-0.05, 0) is 12.6 Å². The van der Waals surface area contributed by atoms with E-state index in [2.05, 4.69) is 10.6 Å². The van der Waals surface area contributed by atoms with E-state index in [4.69, 9.17) is 5.11 Å². The molecule has 0 radical (unpaired) electrons. The second kappa shape index (κ2) is 8.16. The summed E-state index contributed by atoms with van der Waals surface area (Å²) in [4.78, 5) is 24.5. The predicted octanol–water partition coefficient (Wildman–Crippen LogP) is 1.06. The molecular weight excluding hydrogens is 258 g/mol. The van der Waals surface area contributed by atoms with Gasteiger partial charge in [0.15, 0.2) is 0 Å². The van der Waals surface area contributed by atoms with Gasteiger partial charge in [0.1, 0.15) is 0 Å². The van der Waals surface area contributed by atoms with E-state index < -0.39 is 12.0 Å². The molecule has 3 N–H and O–H groups in total. The van der Waals surface area contributed by atoms with Crippen LogP contribution in [0.1, 0.15) is 18.0 Å². The summed E-state index contributed by atoms with van der Waals surface area (Å²) in [6, 6.07) is 8.29. The summed E-state index contributed by atoms with van der Waals surface area (Å²) in [7, 11) is 3.48. The van der Waals surface area contributed by atoms with E-state index in [1.54, 1.807) is 7.05 Å². The number of hydrogen-bond acceptors (Lipinski definition) is 3. The fourth-order valence-corrected chi connectivity index (χ4v) is 1.75. The van der Waals surface area contributed by atoms with E-state index in [0.29, 0.717) is 13.1 Å². The van der Waals surface area contributed by atoms with Gasteiger partial charge >= 0.3 is 12.0 Å². The van der Waals surface area contributed by atoms with Crippen molar-refractivity contribution >= 4 is 12.0 Å². The molecule has 1 aromatic rings. The number of carbonyl (C=O) groups excluding carboxylic acids is 1. The Kier molecular flexibility index (Phi) is 6.52. The molecule has 0 aliphatic rings. The van der Waals surface area contributed by atoms with Crippen molar-refractivity contribution in [2.24, 2.45) is 0 Å². The monoisotopic (exact) mass is 279 g/mol. The zero-order valence-corrected chi connectivity index (χ0v) is 11.8. The highest BCUT2D eigenvalue weighted by Gasteiger charge is 2.19. The summed E-state index contributed by atoms with van der Waals surface area (Å²) in [6.45, 7) is 1.23. The third-order valence-corrected chi connectivity index (χ3v) is 2.92. The first-order valence-electron chi connectivity index (χ1n) is 6.47. The maximum atomic E-state index is 12.0. The van der Waals surface area contributed by atoms with Crippen LogP contribution < -0.4 is 10.6 Å². The van der Waals surface area contributed by atoms with Crippen molar-refractivity contribution in [3.8, 4) is 0 Å². The summed E-state index contributed by atoms with van der Waals surface area (Å²) < 4.78 is 0. The number of urea groups is 1. The SMILES string of the molecule is CNCCN(C)C(=O)NC(CC(=O)O)c1ccccc1. The molecule has 0 bridgehead atoms. The highest BCUT2D eigenvalue weighted by molar-refractivity contribution is 5.76. The molecule has 1 aromatic carbocycles. The van der Waals surface area contributed by atoms with Gasteiger partial charge in [0, 0.05) is 20.1 Å². The summed E-state index contributed by atoms with van der Waals surface area (Å²) >= 11 is 0. The molecule has 110 valence electrons. The average molecular weight is 279 g/mol. The fraction of sp³-hybridized carbons (Fsp3) is 0.429. The molecule has 0 fully saturated rings. The number of benzene rings is 1. The molecule has 0 saturated heterocycles. The highest BCUT2D eigenvalue weighted by Crippen LogP contribution is 2.16. The first-order chi connectivity index (χ1) is 9.54. The molecule has 0 aliphatic carbocycles. The molecule has 0 aliphatic heterocycles. The van der Waals surface area contributed by atoms with Crippen molar-refractivity contribution in [1.29, 1.82) is 0 Å². The minimum Gasteiger partial charge on any atom is -0.481 e. The number of aliphatic carboxylic acids is 1. The van der Waals surface area contributed by atoms with Gasteiger partial charge in [-0.15, -0.1) is 0 Å². The minimum absolute atomic E-state index is 0.143. The number of rotatable bonds is 7. The Bertz CT molecular complexity index is 437. The first kappa shape index (κ1) is 16.0. The Labute approximate surface area is 118 Å². The smallest absolute Gasteiger partial charge is 0.317 e. The molecule has 1 rings (SSSR count).